The van der Waals surface area contributed by atoms with E-state index in [-0.39, 0.29) is 16.8 Å². The van der Waals surface area contributed by atoms with E-state index in [9.17, 15) is 13.2 Å². The molecule has 0 aliphatic carbocycles. The Morgan fingerprint density at radius 1 is 1.45 bits per heavy atom. The van der Waals surface area contributed by atoms with Crippen LogP contribution >= 0.6 is 0 Å². The molecule has 1 amide bonds. The van der Waals surface area contributed by atoms with Crippen molar-refractivity contribution in [1.29, 1.82) is 0 Å². The lowest BCUT2D eigenvalue weighted by molar-refractivity contribution is 0.0624. The van der Waals surface area contributed by atoms with E-state index < -0.39 is 10.0 Å². The summed E-state index contributed by atoms with van der Waals surface area (Å²) < 4.78 is 24.5. The highest BCUT2D eigenvalue weighted by molar-refractivity contribution is 7.89. The number of carbonyl (C=O) groups is 1. The van der Waals surface area contributed by atoms with Crippen LogP contribution in [0, 0.1) is 0 Å². The Kier molecular flexibility index (Phi) is 4.19. The first-order chi connectivity index (χ1) is 9.34. The molecule has 1 unspecified atom stereocenters. The van der Waals surface area contributed by atoms with Crippen LogP contribution in [0.1, 0.15) is 43.6 Å². The first-order valence-corrected chi connectivity index (χ1v) is 8.43. The average Bonchev–Trinajstić information content (AvgIpc) is 2.82. The monoisotopic (exact) mass is 299 g/mol. The minimum absolute atomic E-state index is 0.00707. The Bertz CT molecular complexity index is 606. The molecule has 0 bridgehead atoms. The van der Waals surface area contributed by atoms with Crippen LogP contribution in [0.25, 0.3) is 0 Å². The van der Waals surface area contributed by atoms with E-state index in [0.29, 0.717) is 12.2 Å². The van der Waals surface area contributed by atoms with E-state index in [0.717, 1.165) is 25.8 Å². The van der Waals surface area contributed by atoms with Gasteiger partial charge in [0, 0.05) is 25.3 Å². The molecule has 1 fully saturated rings. The largest absolute Gasteiger partial charge is 0.342 e. The second-order valence-electron chi connectivity index (χ2n) is 5.24. The Labute approximate surface area is 119 Å². The Morgan fingerprint density at radius 3 is 2.70 bits per heavy atom. The third-order valence-electron chi connectivity index (χ3n) is 3.82. The zero-order valence-corrected chi connectivity index (χ0v) is 12.7. The molecular formula is C13H21N3O3S. The highest BCUT2D eigenvalue weighted by atomic mass is 32.2. The highest BCUT2D eigenvalue weighted by Gasteiger charge is 2.27. The van der Waals surface area contributed by atoms with Gasteiger partial charge in [-0.3, -0.25) is 4.79 Å². The minimum Gasteiger partial charge on any atom is -0.342 e. The van der Waals surface area contributed by atoms with Crippen LogP contribution in [0.3, 0.4) is 0 Å². The van der Waals surface area contributed by atoms with Crippen LogP contribution < -0.4 is 5.14 Å². The van der Waals surface area contributed by atoms with Crippen LogP contribution in [-0.4, -0.2) is 36.4 Å². The van der Waals surface area contributed by atoms with Crippen LogP contribution in [0.4, 0.5) is 0 Å². The van der Waals surface area contributed by atoms with Gasteiger partial charge in [-0.2, -0.15) is 0 Å². The number of hydrogen-bond acceptors (Lipinski definition) is 3. The van der Waals surface area contributed by atoms with Gasteiger partial charge in [-0.05, 0) is 39.2 Å². The first-order valence-electron chi connectivity index (χ1n) is 6.88. The highest BCUT2D eigenvalue weighted by Crippen LogP contribution is 2.21. The topological polar surface area (TPSA) is 85.4 Å². The molecule has 1 aromatic rings. The van der Waals surface area contributed by atoms with Crippen molar-refractivity contribution >= 4 is 15.9 Å². The summed E-state index contributed by atoms with van der Waals surface area (Å²) >= 11 is 0. The van der Waals surface area contributed by atoms with Gasteiger partial charge in [-0.1, -0.05) is 0 Å². The van der Waals surface area contributed by atoms with Gasteiger partial charge in [-0.25, -0.2) is 13.6 Å². The van der Waals surface area contributed by atoms with Gasteiger partial charge in [0.15, 0.2) is 0 Å². The van der Waals surface area contributed by atoms with Crippen molar-refractivity contribution in [2.45, 2.75) is 50.6 Å². The van der Waals surface area contributed by atoms with E-state index >= 15 is 0 Å². The molecule has 6 nitrogen and oxygen atoms in total. The summed E-state index contributed by atoms with van der Waals surface area (Å²) in [7, 11) is -3.78. The van der Waals surface area contributed by atoms with E-state index in [2.05, 4.69) is 0 Å². The molecule has 2 heterocycles. The van der Waals surface area contributed by atoms with Crippen molar-refractivity contribution in [1.82, 2.24) is 9.47 Å². The number of aryl methyl sites for hydroxylation is 1. The molecule has 1 aliphatic heterocycles. The Morgan fingerprint density at radius 2 is 2.15 bits per heavy atom. The molecule has 2 N–H and O–H groups in total. The van der Waals surface area contributed by atoms with Crippen molar-refractivity contribution in [2.24, 2.45) is 5.14 Å². The quantitative estimate of drug-likeness (QED) is 0.909. The molecule has 112 valence electrons. The van der Waals surface area contributed by atoms with Gasteiger partial charge in [-0.15, -0.1) is 0 Å². The SMILES string of the molecule is CCn1cc(S(N)(=O)=O)cc1C(=O)N1CCCCC1C. The summed E-state index contributed by atoms with van der Waals surface area (Å²) in [5, 5.41) is 5.13. The number of nitrogens with two attached hydrogens (primary N) is 1. The summed E-state index contributed by atoms with van der Waals surface area (Å²) in [6.07, 6.45) is 4.53. The molecule has 0 saturated carbocycles. The lowest BCUT2D eigenvalue weighted by Gasteiger charge is -2.33. The standard InChI is InChI=1S/C13H21N3O3S/c1-3-15-9-11(20(14,18)19)8-12(15)13(17)16-7-5-4-6-10(16)2/h8-10H,3-7H2,1-2H3,(H2,14,18,19). The van der Waals surface area contributed by atoms with Crippen molar-refractivity contribution in [2.75, 3.05) is 6.54 Å². The second kappa shape index (κ2) is 5.57. The lowest BCUT2D eigenvalue weighted by Crippen LogP contribution is -2.42. The molecule has 1 atom stereocenters. The number of sulfonamides is 1. The minimum atomic E-state index is -3.78. The van der Waals surface area contributed by atoms with E-state index in [4.69, 9.17) is 5.14 Å². The zero-order chi connectivity index (χ0) is 14.9. The number of primary sulfonamides is 1. The van der Waals surface area contributed by atoms with E-state index in [1.54, 1.807) is 4.57 Å². The Hall–Kier alpha value is -1.34. The number of amides is 1. The first kappa shape index (κ1) is 15.1. The molecule has 1 aromatic heterocycles. The number of nitrogens with zero attached hydrogens (tertiary/aromatic N) is 2. The number of rotatable bonds is 3. The number of hydrogen-bond donors (Lipinski definition) is 1. The number of likely N-dealkylation sites (tertiary alicyclic amines) is 1. The Balaban J connectivity index is 2.36. The molecule has 0 aromatic carbocycles. The molecule has 7 heteroatoms. The summed E-state index contributed by atoms with van der Waals surface area (Å²) in [5.74, 6) is -0.117. The normalized spacial score (nSPS) is 20.1. The molecule has 0 radical (unpaired) electrons. The van der Waals surface area contributed by atoms with Gasteiger partial charge < -0.3 is 9.47 Å². The predicted molar refractivity (Wildman–Crippen MR) is 75.8 cm³/mol. The summed E-state index contributed by atoms with van der Waals surface area (Å²) in [6.45, 7) is 5.14. The fraction of sp³-hybridized carbons (Fsp3) is 0.615. The maximum absolute atomic E-state index is 12.6. The van der Waals surface area contributed by atoms with Crippen molar-refractivity contribution in [3.63, 3.8) is 0 Å². The van der Waals surface area contributed by atoms with Gasteiger partial charge in [0.25, 0.3) is 5.91 Å². The van der Waals surface area contributed by atoms with Gasteiger partial charge in [0.2, 0.25) is 10.0 Å². The van der Waals surface area contributed by atoms with E-state index in [1.165, 1.54) is 12.3 Å². The molecule has 1 saturated heterocycles. The average molecular weight is 299 g/mol. The molecule has 20 heavy (non-hydrogen) atoms. The maximum Gasteiger partial charge on any atom is 0.270 e. The van der Waals surface area contributed by atoms with Crippen LogP contribution in [0.15, 0.2) is 17.2 Å². The molecule has 0 spiro atoms. The fourth-order valence-electron chi connectivity index (χ4n) is 2.63. The maximum atomic E-state index is 12.6. The van der Waals surface area contributed by atoms with Crippen molar-refractivity contribution in [3.05, 3.63) is 18.0 Å². The molecule has 2 rings (SSSR count). The number of carbonyl (C=O) groups excluding carboxylic acids is 1. The van der Waals surface area contributed by atoms with Crippen LogP contribution in [0.5, 0.6) is 0 Å². The molecular weight excluding hydrogens is 278 g/mol. The number of piperidine rings is 1. The number of aromatic nitrogens is 1. The third kappa shape index (κ3) is 2.88. The van der Waals surface area contributed by atoms with Gasteiger partial charge in [0.1, 0.15) is 10.6 Å². The van der Waals surface area contributed by atoms with E-state index in [1.807, 2.05) is 18.7 Å². The zero-order valence-electron chi connectivity index (χ0n) is 11.9. The van der Waals surface area contributed by atoms with Crippen molar-refractivity contribution in [3.8, 4) is 0 Å². The summed E-state index contributed by atoms with van der Waals surface area (Å²) in [4.78, 5) is 14.4. The van der Waals surface area contributed by atoms with Crippen LogP contribution in [0.2, 0.25) is 0 Å². The predicted octanol–water partition coefficient (Wildman–Crippen LogP) is 1.17. The summed E-state index contributed by atoms with van der Waals surface area (Å²) in [6, 6.07) is 1.57. The molecule has 1 aliphatic rings. The van der Waals surface area contributed by atoms with Crippen molar-refractivity contribution < 1.29 is 13.2 Å². The van der Waals surface area contributed by atoms with Gasteiger partial charge in [0.05, 0.1) is 0 Å². The third-order valence-corrected chi connectivity index (χ3v) is 4.70. The fourth-order valence-corrected chi connectivity index (χ4v) is 3.18. The lowest BCUT2D eigenvalue weighted by atomic mass is 10.0. The second-order valence-corrected chi connectivity index (χ2v) is 6.80. The van der Waals surface area contributed by atoms with Gasteiger partial charge >= 0.3 is 0 Å². The summed E-state index contributed by atoms with van der Waals surface area (Å²) in [5.41, 5.74) is 0.394. The van der Waals surface area contributed by atoms with Crippen LogP contribution in [-0.2, 0) is 16.6 Å². The smallest absolute Gasteiger partial charge is 0.270 e.